The number of aryl methyl sites for hydroxylation is 1. The summed E-state index contributed by atoms with van der Waals surface area (Å²) in [5, 5.41) is 1.77. The zero-order chi connectivity index (χ0) is 10.1. The molecule has 2 rings (SSSR count). The zero-order valence-electron chi connectivity index (χ0n) is 8.13. The molecule has 0 aliphatic heterocycles. The van der Waals surface area contributed by atoms with Gasteiger partial charge in [0.05, 0.1) is 0 Å². The molecule has 0 bridgehead atoms. The fourth-order valence-electron chi connectivity index (χ4n) is 1.55. The molecule has 0 radical (unpaired) electrons. The van der Waals surface area contributed by atoms with Crippen molar-refractivity contribution in [2.24, 2.45) is 0 Å². The van der Waals surface area contributed by atoms with Crippen LogP contribution in [0.25, 0.3) is 11.0 Å². The van der Waals surface area contributed by atoms with Crippen LogP contribution in [0.4, 0.5) is 0 Å². The van der Waals surface area contributed by atoms with Gasteiger partial charge in [0.25, 0.3) is 0 Å². The summed E-state index contributed by atoms with van der Waals surface area (Å²) in [5.74, 6) is 0.827. The molecule has 0 saturated carbocycles. The number of fused-ring (bicyclic) bond motifs is 1. The summed E-state index contributed by atoms with van der Waals surface area (Å²) < 4.78 is 10.6. The molecule has 0 amide bonds. The summed E-state index contributed by atoms with van der Waals surface area (Å²) in [4.78, 5) is 0. The smallest absolute Gasteiger partial charge is 0.137 e. The van der Waals surface area contributed by atoms with E-state index < -0.39 is 0 Å². The predicted octanol–water partition coefficient (Wildman–Crippen LogP) is 3.54. The third-order valence-electron chi connectivity index (χ3n) is 2.10. The monoisotopic (exact) mass is 210 g/mol. The molecular formula is C11H11ClO2. The van der Waals surface area contributed by atoms with Gasteiger partial charge in [-0.1, -0.05) is 11.6 Å². The summed E-state index contributed by atoms with van der Waals surface area (Å²) >= 11 is 5.94. The number of rotatable bonds is 2. The van der Waals surface area contributed by atoms with Gasteiger partial charge in [-0.15, -0.1) is 0 Å². The molecule has 0 aliphatic rings. The van der Waals surface area contributed by atoms with Gasteiger partial charge in [-0.05, 0) is 30.7 Å². The molecule has 0 unspecified atom stereocenters. The predicted molar refractivity (Wildman–Crippen MR) is 56.7 cm³/mol. The van der Waals surface area contributed by atoms with Crippen molar-refractivity contribution < 1.29 is 9.15 Å². The number of furan rings is 1. The highest BCUT2D eigenvalue weighted by atomic mass is 35.5. The van der Waals surface area contributed by atoms with Crippen molar-refractivity contribution >= 4 is 22.6 Å². The van der Waals surface area contributed by atoms with Crippen LogP contribution >= 0.6 is 11.6 Å². The van der Waals surface area contributed by atoms with Gasteiger partial charge < -0.3 is 9.15 Å². The van der Waals surface area contributed by atoms with Gasteiger partial charge in [-0.25, -0.2) is 0 Å². The van der Waals surface area contributed by atoms with Gasteiger partial charge in [0.1, 0.15) is 18.0 Å². The van der Waals surface area contributed by atoms with Gasteiger partial charge >= 0.3 is 0 Å². The van der Waals surface area contributed by atoms with Gasteiger partial charge in [0.15, 0.2) is 0 Å². The van der Waals surface area contributed by atoms with E-state index in [2.05, 4.69) is 0 Å². The van der Waals surface area contributed by atoms with Crippen molar-refractivity contribution in [3.63, 3.8) is 0 Å². The third-order valence-corrected chi connectivity index (χ3v) is 2.32. The van der Waals surface area contributed by atoms with Gasteiger partial charge in [0.2, 0.25) is 0 Å². The Balaban J connectivity index is 2.58. The number of halogens is 1. The molecule has 2 nitrogen and oxygen atoms in total. The second-order valence-corrected chi connectivity index (χ2v) is 3.72. The van der Waals surface area contributed by atoms with Gasteiger partial charge in [0, 0.05) is 17.5 Å². The number of benzene rings is 1. The highest BCUT2D eigenvalue weighted by Gasteiger charge is 2.06. The van der Waals surface area contributed by atoms with Crippen LogP contribution in [-0.2, 0) is 11.3 Å². The minimum atomic E-state index is 0.492. The van der Waals surface area contributed by atoms with Crippen LogP contribution in [0.1, 0.15) is 11.3 Å². The quantitative estimate of drug-likeness (QED) is 0.757. The van der Waals surface area contributed by atoms with Crippen LogP contribution < -0.4 is 0 Å². The van der Waals surface area contributed by atoms with Crippen molar-refractivity contribution in [2.75, 3.05) is 7.11 Å². The molecule has 1 aromatic carbocycles. The minimum absolute atomic E-state index is 0.492. The van der Waals surface area contributed by atoms with E-state index in [0.29, 0.717) is 6.61 Å². The number of ether oxygens (including phenoxy) is 1. The summed E-state index contributed by atoms with van der Waals surface area (Å²) in [6, 6.07) is 5.74. The Bertz CT molecular complexity index is 460. The van der Waals surface area contributed by atoms with Crippen LogP contribution in [0.5, 0.6) is 0 Å². The van der Waals surface area contributed by atoms with E-state index in [1.54, 1.807) is 7.11 Å². The summed E-state index contributed by atoms with van der Waals surface area (Å²) in [5.41, 5.74) is 1.94. The number of hydrogen-bond donors (Lipinski definition) is 0. The molecule has 1 aromatic heterocycles. The average molecular weight is 211 g/mol. The fraction of sp³-hybridized carbons (Fsp3) is 0.273. The lowest BCUT2D eigenvalue weighted by Crippen LogP contribution is -1.81. The maximum atomic E-state index is 5.94. The van der Waals surface area contributed by atoms with Crippen molar-refractivity contribution in [1.29, 1.82) is 0 Å². The maximum Gasteiger partial charge on any atom is 0.137 e. The van der Waals surface area contributed by atoms with Crippen molar-refractivity contribution in [2.45, 2.75) is 13.5 Å². The highest BCUT2D eigenvalue weighted by Crippen LogP contribution is 2.26. The SMILES string of the molecule is COCc1cc2cc(Cl)cc(C)c2o1. The van der Waals surface area contributed by atoms with Gasteiger partial charge in [-0.3, -0.25) is 0 Å². The molecule has 3 heteroatoms. The number of methoxy groups -OCH3 is 1. The molecule has 14 heavy (non-hydrogen) atoms. The van der Waals surface area contributed by atoms with E-state index >= 15 is 0 Å². The van der Waals surface area contributed by atoms with Crippen molar-refractivity contribution in [3.05, 3.63) is 34.5 Å². The van der Waals surface area contributed by atoms with E-state index in [-0.39, 0.29) is 0 Å². The normalized spacial score (nSPS) is 11.1. The Morgan fingerprint density at radius 1 is 1.36 bits per heavy atom. The minimum Gasteiger partial charge on any atom is -0.458 e. The van der Waals surface area contributed by atoms with Crippen LogP contribution in [0.3, 0.4) is 0 Å². The van der Waals surface area contributed by atoms with E-state index in [0.717, 1.165) is 27.3 Å². The van der Waals surface area contributed by atoms with Crippen LogP contribution in [0.15, 0.2) is 22.6 Å². The van der Waals surface area contributed by atoms with E-state index in [1.165, 1.54) is 0 Å². The van der Waals surface area contributed by atoms with E-state index in [1.807, 2.05) is 25.1 Å². The Morgan fingerprint density at radius 3 is 2.86 bits per heavy atom. The average Bonchev–Trinajstić information content (AvgIpc) is 2.48. The topological polar surface area (TPSA) is 22.4 Å². The van der Waals surface area contributed by atoms with E-state index in [9.17, 15) is 0 Å². The highest BCUT2D eigenvalue weighted by molar-refractivity contribution is 6.31. The molecule has 2 aromatic rings. The Morgan fingerprint density at radius 2 is 2.14 bits per heavy atom. The molecule has 0 aliphatic carbocycles. The fourth-order valence-corrected chi connectivity index (χ4v) is 1.83. The van der Waals surface area contributed by atoms with Gasteiger partial charge in [-0.2, -0.15) is 0 Å². The molecule has 0 saturated heterocycles. The molecule has 0 atom stereocenters. The molecular weight excluding hydrogens is 200 g/mol. The van der Waals surface area contributed by atoms with E-state index in [4.69, 9.17) is 20.8 Å². The van der Waals surface area contributed by atoms with Crippen molar-refractivity contribution in [3.8, 4) is 0 Å². The Kier molecular flexibility index (Phi) is 2.48. The largest absolute Gasteiger partial charge is 0.458 e. The lowest BCUT2D eigenvalue weighted by molar-refractivity contribution is 0.166. The van der Waals surface area contributed by atoms with Crippen LogP contribution in [0.2, 0.25) is 5.02 Å². The third kappa shape index (κ3) is 1.63. The lowest BCUT2D eigenvalue weighted by Gasteiger charge is -1.95. The first kappa shape index (κ1) is 9.56. The molecule has 1 heterocycles. The molecule has 74 valence electrons. The van der Waals surface area contributed by atoms with Crippen molar-refractivity contribution in [1.82, 2.24) is 0 Å². The first-order valence-electron chi connectivity index (χ1n) is 4.38. The Labute approximate surface area is 87.4 Å². The Hall–Kier alpha value is -0.990. The molecule has 0 fully saturated rings. The standard InChI is InChI=1S/C11H11ClO2/c1-7-3-9(12)4-8-5-10(6-13-2)14-11(7)8/h3-5H,6H2,1-2H3. The maximum absolute atomic E-state index is 5.94. The second-order valence-electron chi connectivity index (χ2n) is 3.29. The summed E-state index contributed by atoms with van der Waals surface area (Å²) in [6.07, 6.45) is 0. The summed E-state index contributed by atoms with van der Waals surface area (Å²) in [6.45, 7) is 2.47. The molecule has 0 spiro atoms. The number of hydrogen-bond acceptors (Lipinski definition) is 2. The first-order chi connectivity index (χ1) is 6.70. The second kappa shape index (κ2) is 3.64. The molecule has 0 N–H and O–H groups in total. The summed E-state index contributed by atoms with van der Waals surface area (Å²) in [7, 11) is 1.65. The first-order valence-corrected chi connectivity index (χ1v) is 4.76. The van der Waals surface area contributed by atoms with Crippen LogP contribution in [0, 0.1) is 6.92 Å². The van der Waals surface area contributed by atoms with Crippen LogP contribution in [-0.4, -0.2) is 7.11 Å². The lowest BCUT2D eigenvalue weighted by atomic mass is 10.2. The zero-order valence-corrected chi connectivity index (χ0v) is 8.89.